The van der Waals surface area contributed by atoms with Gasteiger partial charge in [-0.15, -0.1) is 0 Å². The summed E-state index contributed by atoms with van der Waals surface area (Å²) in [5.74, 6) is 0.558. The SMILES string of the molecule is FC(F)(F)c1cc(-c2cnn3c(NC4CCCNC4)ccnc23)cc(C(F)(F)F)c1. The van der Waals surface area contributed by atoms with Crippen molar-refractivity contribution in [3.8, 4) is 11.1 Å². The van der Waals surface area contributed by atoms with Gasteiger partial charge in [-0.3, -0.25) is 0 Å². The van der Waals surface area contributed by atoms with Crippen LogP contribution in [0.4, 0.5) is 32.2 Å². The average Bonchev–Trinajstić information content (AvgIpc) is 3.12. The maximum atomic E-state index is 13.2. The summed E-state index contributed by atoms with van der Waals surface area (Å²) in [6.07, 6.45) is -5.27. The van der Waals surface area contributed by atoms with E-state index in [0.29, 0.717) is 18.0 Å². The Kier molecular flexibility index (Phi) is 5.08. The lowest BCUT2D eigenvalue weighted by molar-refractivity contribution is -0.143. The van der Waals surface area contributed by atoms with Crippen molar-refractivity contribution in [2.75, 3.05) is 18.4 Å². The number of nitrogens with zero attached hydrogens (tertiary/aromatic N) is 3. The summed E-state index contributed by atoms with van der Waals surface area (Å²) in [4.78, 5) is 4.14. The molecule has 0 bridgehead atoms. The van der Waals surface area contributed by atoms with Gasteiger partial charge in [0.15, 0.2) is 5.65 Å². The van der Waals surface area contributed by atoms with Gasteiger partial charge < -0.3 is 10.6 Å². The fourth-order valence-electron chi connectivity index (χ4n) is 3.50. The van der Waals surface area contributed by atoms with Crippen LogP contribution in [-0.4, -0.2) is 33.7 Å². The second-order valence-electron chi connectivity index (χ2n) is 7.11. The Morgan fingerprint density at radius 1 is 1.03 bits per heavy atom. The third-order valence-electron chi connectivity index (χ3n) is 4.95. The van der Waals surface area contributed by atoms with E-state index < -0.39 is 23.5 Å². The normalized spacial score (nSPS) is 18.0. The molecule has 1 atom stereocenters. The van der Waals surface area contributed by atoms with E-state index in [1.54, 1.807) is 6.07 Å². The number of fused-ring (bicyclic) bond motifs is 1. The first-order chi connectivity index (χ1) is 14.1. The lowest BCUT2D eigenvalue weighted by Gasteiger charge is -2.24. The Bertz CT molecular complexity index is 1020. The van der Waals surface area contributed by atoms with Gasteiger partial charge in [0.2, 0.25) is 0 Å². The summed E-state index contributed by atoms with van der Waals surface area (Å²) >= 11 is 0. The molecule has 1 aliphatic rings. The number of benzene rings is 1. The van der Waals surface area contributed by atoms with Gasteiger partial charge in [-0.1, -0.05) is 0 Å². The molecule has 0 saturated carbocycles. The molecular formula is C19H17F6N5. The Morgan fingerprint density at radius 2 is 1.73 bits per heavy atom. The van der Waals surface area contributed by atoms with E-state index in [2.05, 4.69) is 20.7 Å². The first-order valence-electron chi connectivity index (χ1n) is 9.23. The molecule has 1 aliphatic heterocycles. The largest absolute Gasteiger partial charge is 0.416 e. The molecule has 0 spiro atoms. The second kappa shape index (κ2) is 7.46. The smallest absolute Gasteiger partial charge is 0.366 e. The van der Waals surface area contributed by atoms with E-state index >= 15 is 0 Å². The summed E-state index contributed by atoms with van der Waals surface area (Å²) in [7, 11) is 0. The van der Waals surface area contributed by atoms with Gasteiger partial charge in [0.25, 0.3) is 0 Å². The summed E-state index contributed by atoms with van der Waals surface area (Å²) < 4.78 is 80.6. The van der Waals surface area contributed by atoms with Gasteiger partial charge in [0, 0.05) is 24.3 Å². The molecule has 0 amide bonds. The van der Waals surface area contributed by atoms with Crippen molar-refractivity contribution in [3.05, 3.63) is 47.8 Å². The van der Waals surface area contributed by atoms with Crippen LogP contribution in [0.25, 0.3) is 16.8 Å². The van der Waals surface area contributed by atoms with E-state index in [0.717, 1.165) is 25.9 Å². The zero-order chi connectivity index (χ0) is 21.5. The molecule has 1 aromatic carbocycles. The first-order valence-corrected chi connectivity index (χ1v) is 9.23. The number of rotatable bonds is 3. The van der Waals surface area contributed by atoms with Crippen LogP contribution in [0.2, 0.25) is 0 Å². The molecule has 30 heavy (non-hydrogen) atoms. The van der Waals surface area contributed by atoms with E-state index in [1.165, 1.54) is 16.9 Å². The molecule has 160 valence electrons. The highest BCUT2D eigenvalue weighted by Gasteiger charge is 2.37. The van der Waals surface area contributed by atoms with Gasteiger partial charge in [-0.05, 0) is 49.2 Å². The fraction of sp³-hybridized carbons (Fsp3) is 0.368. The zero-order valence-corrected chi connectivity index (χ0v) is 15.5. The molecule has 1 unspecified atom stereocenters. The number of hydrogen-bond acceptors (Lipinski definition) is 4. The maximum Gasteiger partial charge on any atom is 0.416 e. The standard InChI is InChI=1S/C19H17F6N5/c20-18(21,22)12-6-11(7-13(8-12)19(23,24)25)15-10-28-30-16(3-5-27-17(15)30)29-14-2-1-4-26-9-14/h3,5-8,10,14,26,29H,1-2,4,9H2. The van der Waals surface area contributed by atoms with Crippen LogP contribution >= 0.6 is 0 Å². The molecule has 2 N–H and O–H groups in total. The minimum Gasteiger partial charge on any atom is -0.366 e. The van der Waals surface area contributed by atoms with Gasteiger partial charge >= 0.3 is 12.4 Å². The molecular weight excluding hydrogens is 412 g/mol. The lowest BCUT2D eigenvalue weighted by atomic mass is 10.0. The number of halogens is 6. The van der Waals surface area contributed by atoms with Crippen LogP contribution in [0.3, 0.4) is 0 Å². The molecule has 0 aliphatic carbocycles. The number of aromatic nitrogens is 3. The van der Waals surface area contributed by atoms with Gasteiger partial charge in [-0.25, -0.2) is 4.98 Å². The lowest BCUT2D eigenvalue weighted by Crippen LogP contribution is -2.38. The van der Waals surface area contributed by atoms with Crippen molar-refractivity contribution in [1.29, 1.82) is 0 Å². The Hall–Kier alpha value is -2.82. The zero-order valence-electron chi connectivity index (χ0n) is 15.5. The fourth-order valence-corrected chi connectivity index (χ4v) is 3.50. The quantitative estimate of drug-likeness (QED) is 0.598. The van der Waals surface area contributed by atoms with E-state index in [9.17, 15) is 26.3 Å². The Morgan fingerprint density at radius 3 is 2.33 bits per heavy atom. The summed E-state index contributed by atoms with van der Waals surface area (Å²) in [6.45, 7) is 1.66. The summed E-state index contributed by atoms with van der Waals surface area (Å²) in [6, 6.07) is 3.25. The highest BCUT2D eigenvalue weighted by atomic mass is 19.4. The van der Waals surface area contributed by atoms with Gasteiger partial charge in [-0.2, -0.15) is 36.0 Å². The van der Waals surface area contributed by atoms with Crippen LogP contribution in [0.1, 0.15) is 24.0 Å². The van der Waals surface area contributed by atoms with Crippen molar-refractivity contribution < 1.29 is 26.3 Å². The van der Waals surface area contributed by atoms with Crippen LogP contribution in [-0.2, 0) is 12.4 Å². The molecule has 0 radical (unpaired) electrons. The minimum atomic E-state index is -4.92. The summed E-state index contributed by atoms with van der Waals surface area (Å²) in [5, 5.41) is 10.7. The van der Waals surface area contributed by atoms with Crippen LogP contribution in [0.15, 0.2) is 36.7 Å². The van der Waals surface area contributed by atoms with E-state index in [-0.39, 0.29) is 28.9 Å². The molecule has 2 aromatic heterocycles. The molecule has 5 nitrogen and oxygen atoms in total. The molecule has 11 heteroatoms. The molecule has 1 saturated heterocycles. The van der Waals surface area contributed by atoms with Crippen molar-refractivity contribution in [1.82, 2.24) is 19.9 Å². The van der Waals surface area contributed by atoms with Crippen molar-refractivity contribution >= 4 is 11.5 Å². The average molecular weight is 429 g/mol. The van der Waals surface area contributed by atoms with Gasteiger partial charge in [0.1, 0.15) is 5.82 Å². The van der Waals surface area contributed by atoms with Crippen LogP contribution in [0, 0.1) is 0 Å². The van der Waals surface area contributed by atoms with Crippen molar-refractivity contribution in [2.45, 2.75) is 31.2 Å². The third kappa shape index (κ3) is 4.07. The van der Waals surface area contributed by atoms with Crippen LogP contribution in [0.5, 0.6) is 0 Å². The highest BCUT2D eigenvalue weighted by molar-refractivity contribution is 5.79. The van der Waals surface area contributed by atoms with Crippen molar-refractivity contribution in [2.24, 2.45) is 0 Å². The van der Waals surface area contributed by atoms with E-state index in [4.69, 9.17) is 0 Å². The minimum absolute atomic E-state index is 0.0806. The number of anilines is 1. The number of alkyl halides is 6. The maximum absolute atomic E-state index is 13.2. The topological polar surface area (TPSA) is 54.2 Å². The highest BCUT2D eigenvalue weighted by Crippen LogP contribution is 2.39. The number of nitrogens with one attached hydrogen (secondary N) is 2. The predicted molar refractivity (Wildman–Crippen MR) is 97.9 cm³/mol. The molecule has 1 fully saturated rings. The van der Waals surface area contributed by atoms with E-state index in [1.807, 2.05) is 0 Å². The molecule has 3 heterocycles. The Balaban J connectivity index is 1.79. The summed E-state index contributed by atoms with van der Waals surface area (Å²) in [5.41, 5.74) is -2.77. The number of piperidine rings is 1. The monoisotopic (exact) mass is 429 g/mol. The first kappa shape index (κ1) is 20.5. The Labute approximate surface area is 167 Å². The third-order valence-corrected chi connectivity index (χ3v) is 4.95. The second-order valence-corrected chi connectivity index (χ2v) is 7.11. The van der Waals surface area contributed by atoms with Gasteiger partial charge in [0.05, 0.1) is 17.3 Å². The van der Waals surface area contributed by atoms with Crippen LogP contribution < -0.4 is 10.6 Å². The molecule has 4 rings (SSSR count). The predicted octanol–water partition coefficient (Wildman–Crippen LogP) is 4.60. The number of hydrogen-bond donors (Lipinski definition) is 2. The van der Waals surface area contributed by atoms with Crippen molar-refractivity contribution in [3.63, 3.8) is 0 Å². The molecule has 3 aromatic rings.